The van der Waals surface area contributed by atoms with Crippen molar-refractivity contribution in [3.8, 4) is 11.5 Å². The van der Waals surface area contributed by atoms with Crippen LogP contribution in [0.4, 0.5) is 0 Å². The van der Waals surface area contributed by atoms with Crippen LogP contribution in [0.15, 0.2) is 72.8 Å². The molecule has 0 fully saturated rings. The summed E-state index contributed by atoms with van der Waals surface area (Å²) in [5, 5.41) is 6.72. The van der Waals surface area contributed by atoms with Crippen LogP contribution in [0.5, 0.6) is 11.5 Å². The van der Waals surface area contributed by atoms with Gasteiger partial charge < -0.3 is 15.3 Å². The molecule has 0 atom stereocenters. The van der Waals surface area contributed by atoms with E-state index < -0.39 is 0 Å². The minimum absolute atomic E-state index is 0.645. The quantitative estimate of drug-likeness (QED) is 0.406. The number of fused-ring (bicyclic) bond motifs is 3. The molecule has 2 aromatic heterocycles. The maximum atomic E-state index is 6.38. The van der Waals surface area contributed by atoms with Crippen LogP contribution in [0.25, 0.3) is 21.8 Å². The number of hydrogen-bond donors (Lipinski definition) is 1. The van der Waals surface area contributed by atoms with Crippen LogP contribution in [0.3, 0.4) is 0 Å². The lowest BCUT2D eigenvalue weighted by Crippen LogP contribution is -2.14. The lowest BCUT2D eigenvalue weighted by atomic mass is 10.00. The van der Waals surface area contributed by atoms with E-state index in [1.807, 2.05) is 48.5 Å². The monoisotopic (exact) mass is 424 g/mol. The normalized spacial score (nSPS) is 11.2. The number of hydrogen-bond acceptors (Lipinski definition) is 5. The Morgan fingerprint density at radius 1 is 0.781 bits per heavy atom. The predicted octanol–water partition coefficient (Wildman–Crippen LogP) is 4.50. The highest BCUT2D eigenvalue weighted by atomic mass is 16.5. The molecule has 0 saturated carbocycles. The predicted molar refractivity (Wildman–Crippen MR) is 127 cm³/mol. The van der Waals surface area contributed by atoms with E-state index in [-0.39, 0.29) is 0 Å². The van der Waals surface area contributed by atoms with Gasteiger partial charge in [0.2, 0.25) is 0 Å². The van der Waals surface area contributed by atoms with E-state index in [0.29, 0.717) is 12.8 Å². The summed E-state index contributed by atoms with van der Waals surface area (Å²) in [6.07, 6.45) is 1.32. The molecule has 3 aromatic carbocycles. The van der Waals surface area contributed by atoms with Crippen molar-refractivity contribution in [2.75, 3.05) is 20.1 Å². The highest BCUT2D eigenvalue weighted by Gasteiger charge is 2.19. The van der Waals surface area contributed by atoms with Crippen molar-refractivity contribution in [3.63, 3.8) is 0 Å². The standard InChI is InChI=1S/C26H24N4O2/c1-31-19-11-7-17(8-12-19)15-23-25-24(16-18-9-13-20(32-2)14-10-18)30(27)29-26(25)21-5-3-4-6-22(21)28-23/h3-14H,15-16,27H2,1-2H3. The fourth-order valence-electron chi connectivity index (χ4n) is 4.10. The van der Waals surface area contributed by atoms with Gasteiger partial charge in [-0.15, -0.1) is 0 Å². The summed E-state index contributed by atoms with van der Waals surface area (Å²) in [5.74, 6) is 8.05. The van der Waals surface area contributed by atoms with Crippen molar-refractivity contribution in [3.05, 3.63) is 95.3 Å². The average molecular weight is 425 g/mol. The van der Waals surface area contributed by atoms with Gasteiger partial charge in [0.05, 0.1) is 31.1 Å². The molecule has 2 heterocycles. The van der Waals surface area contributed by atoms with Crippen LogP contribution < -0.4 is 15.3 Å². The summed E-state index contributed by atoms with van der Waals surface area (Å²) in [7, 11) is 3.34. The third-order valence-electron chi connectivity index (χ3n) is 5.77. The minimum atomic E-state index is 0.645. The first-order chi connectivity index (χ1) is 15.7. The van der Waals surface area contributed by atoms with Crippen LogP contribution in [0, 0.1) is 0 Å². The topological polar surface area (TPSA) is 75.2 Å². The molecule has 0 saturated heterocycles. The molecule has 160 valence electrons. The lowest BCUT2D eigenvalue weighted by molar-refractivity contribution is 0.414. The second-order valence-electron chi connectivity index (χ2n) is 7.74. The molecule has 2 N–H and O–H groups in total. The highest BCUT2D eigenvalue weighted by molar-refractivity contribution is 6.05. The lowest BCUT2D eigenvalue weighted by Gasteiger charge is -2.10. The number of nitrogen functional groups attached to an aromatic ring is 1. The maximum Gasteiger partial charge on any atom is 0.118 e. The molecule has 0 unspecified atom stereocenters. The molecule has 0 aliphatic heterocycles. The number of ether oxygens (including phenoxy) is 2. The zero-order valence-electron chi connectivity index (χ0n) is 18.1. The second-order valence-corrected chi connectivity index (χ2v) is 7.74. The van der Waals surface area contributed by atoms with Gasteiger partial charge in [-0.3, -0.25) is 4.98 Å². The van der Waals surface area contributed by atoms with Gasteiger partial charge in [-0.1, -0.05) is 42.5 Å². The number of pyridine rings is 1. The fourth-order valence-corrected chi connectivity index (χ4v) is 4.10. The van der Waals surface area contributed by atoms with Crippen LogP contribution in [0.1, 0.15) is 22.5 Å². The Kier molecular flexibility index (Phi) is 5.11. The zero-order chi connectivity index (χ0) is 22.1. The summed E-state index contributed by atoms with van der Waals surface area (Å²) in [5.41, 5.74) is 5.97. The van der Waals surface area contributed by atoms with Crippen molar-refractivity contribution in [1.82, 2.24) is 14.9 Å². The fraction of sp³-hybridized carbons (Fsp3) is 0.154. The molecule has 0 amide bonds. The Labute approximate surface area is 186 Å². The first-order valence-electron chi connectivity index (χ1n) is 10.5. The number of nitrogens with zero attached hydrogens (tertiary/aromatic N) is 3. The largest absolute Gasteiger partial charge is 0.497 e. The van der Waals surface area contributed by atoms with Gasteiger partial charge >= 0.3 is 0 Å². The molecule has 0 radical (unpaired) electrons. The van der Waals surface area contributed by atoms with Crippen molar-refractivity contribution in [2.45, 2.75) is 12.8 Å². The van der Waals surface area contributed by atoms with E-state index in [0.717, 1.165) is 55.8 Å². The molecule has 0 aliphatic rings. The van der Waals surface area contributed by atoms with E-state index in [4.69, 9.17) is 25.4 Å². The second kappa shape index (κ2) is 8.23. The number of aromatic nitrogens is 3. The smallest absolute Gasteiger partial charge is 0.118 e. The summed E-state index contributed by atoms with van der Waals surface area (Å²) in [4.78, 5) is 6.52. The van der Waals surface area contributed by atoms with Crippen LogP contribution in [0.2, 0.25) is 0 Å². The van der Waals surface area contributed by atoms with Crippen LogP contribution in [-0.2, 0) is 12.8 Å². The molecule has 5 aromatic rings. The molecule has 6 heteroatoms. The number of methoxy groups -OCH3 is 2. The van der Waals surface area contributed by atoms with E-state index >= 15 is 0 Å². The average Bonchev–Trinajstić information content (AvgIpc) is 3.16. The van der Waals surface area contributed by atoms with Crippen molar-refractivity contribution in [1.29, 1.82) is 0 Å². The third kappa shape index (κ3) is 3.60. The number of para-hydroxylation sites is 1. The Morgan fingerprint density at radius 2 is 1.38 bits per heavy atom. The first kappa shape index (κ1) is 19.9. The molecular weight excluding hydrogens is 400 g/mol. The van der Waals surface area contributed by atoms with Gasteiger partial charge in [0.1, 0.15) is 17.0 Å². The maximum absolute atomic E-state index is 6.38. The summed E-state index contributed by atoms with van der Waals surface area (Å²) >= 11 is 0. The first-order valence-corrected chi connectivity index (χ1v) is 10.5. The number of benzene rings is 3. The molecule has 0 bridgehead atoms. The van der Waals surface area contributed by atoms with E-state index in [2.05, 4.69) is 24.3 Å². The third-order valence-corrected chi connectivity index (χ3v) is 5.77. The minimum Gasteiger partial charge on any atom is -0.497 e. The number of rotatable bonds is 6. The highest BCUT2D eigenvalue weighted by Crippen LogP contribution is 2.31. The Morgan fingerprint density at radius 3 is 2.00 bits per heavy atom. The summed E-state index contributed by atoms with van der Waals surface area (Å²) < 4.78 is 10.6. The Hall–Kier alpha value is -4.06. The molecule has 5 rings (SSSR count). The molecule has 0 aliphatic carbocycles. The van der Waals surface area contributed by atoms with Gasteiger partial charge in [-0.25, -0.2) is 0 Å². The molecule has 32 heavy (non-hydrogen) atoms. The summed E-state index contributed by atoms with van der Waals surface area (Å²) in [6.45, 7) is 0. The zero-order valence-corrected chi connectivity index (χ0v) is 18.1. The van der Waals surface area contributed by atoms with Crippen molar-refractivity contribution in [2.24, 2.45) is 0 Å². The van der Waals surface area contributed by atoms with Gasteiger partial charge in [-0.2, -0.15) is 9.89 Å². The van der Waals surface area contributed by atoms with Gasteiger partial charge in [0.25, 0.3) is 0 Å². The Bertz CT molecular complexity index is 1390. The van der Waals surface area contributed by atoms with E-state index in [9.17, 15) is 0 Å². The van der Waals surface area contributed by atoms with Gasteiger partial charge in [0.15, 0.2) is 0 Å². The van der Waals surface area contributed by atoms with Crippen LogP contribution >= 0.6 is 0 Å². The summed E-state index contributed by atoms with van der Waals surface area (Å²) in [6, 6.07) is 24.2. The molecule has 6 nitrogen and oxygen atoms in total. The molecule has 0 spiro atoms. The van der Waals surface area contributed by atoms with Crippen molar-refractivity contribution >= 4 is 21.8 Å². The number of nitrogens with two attached hydrogens (primary N) is 1. The molecular formula is C26H24N4O2. The van der Waals surface area contributed by atoms with Gasteiger partial charge in [-0.05, 0) is 41.5 Å². The van der Waals surface area contributed by atoms with E-state index in [1.54, 1.807) is 14.2 Å². The van der Waals surface area contributed by atoms with Crippen molar-refractivity contribution < 1.29 is 9.47 Å². The van der Waals surface area contributed by atoms with Crippen LogP contribution in [-0.4, -0.2) is 29.1 Å². The SMILES string of the molecule is COc1ccc(Cc2nc3ccccc3c3nn(N)c(Cc4ccc(OC)cc4)c23)cc1. The van der Waals surface area contributed by atoms with E-state index in [1.165, 1.54) is 4.79 Å². The van der Waals surface area contributed by atoms with Gasteiger partial charge in [0, 0.05) is 23.6 Å². The Balaban J connectivity index is 1.65.